The number of ether oxygens (including phenoxy) is 2. The third-order valence-electron chi connectivity index (χ3n) is 3.87. The van der Waals surface area contributed by atoms with E-state index in [4.69, 9.17) is 14.6 Å². The van der Waals surface area contributed by atoms with Crippen molar-refractivity contribution in [1.82, 2.24) is 5.32 Å². The Hall–Kier alpha value is -2.24. The van der Waals surface area contributed by atoms with Crippen LogP contribution in [-0.2, 0) is 9.59 Å². The Labute approximate surface area is 136 Å². The first kappa shape index (κ1) is 18.8. The van der Waals surface area contributed by atoms with E-state index in [2.05, 4.69) is 5.32 Å². The van der Waals surface area contributed by atoms with E-state index in [-0.39, 0.29) is 18.2 Å². The smallest absolute Gasteiger partial charge is 0.305 e. The summed E-state index contributed by atoms with van der Waals surface area (Å²) < 4.78 is 10.5. The van der Waals surface area contributed by atoms with Gasteiger partial charge >= 0.3 is 5.97 Å². The SMILES string of the molecule is CCC(CC)C(=O)NC(CC(=O)O)c1ccc(OC)cc1OC. The highest BCUT2D eigenvalue weighted by atomic mass is 16.5. The lowest BCUT2D eigenvalue weighted by Crippen LogP contribution is -2.35. The molecule has 6 heteroatoms. The number of hydrogen-bond acceptors (Lipinski definition) is 4. The van der Waals surface area contributed by atoms with Crippen LogP contribution >= 0.6 is 0 Å². The van der Waals surface area contributed by atoms with Gasteiger partial charge in [-0.2, -0.15) is 0 Å². The average Bonchev–Trinajstić information content (AvgIpc) is 2.54. The molecule has 0 heterocycles. The zero-order chi connectivity index (χ0) is 17.4. The molecule has 0 aliphatic carbocycles. The van der Waals surface area contributed by atoms with E-state index < -0.39 is 12.0 Å². The van der Waals surface area contributed by atoms with Crippen molar-refractivity contribution in [3.05, 3.63) is 23.8 Å². The van der Waals surface area contributed by atoms with E-state index in [0.29, 0.717) is 29.9 Å². The van der Waals surface area contributed by atoms with Crippen LogP contribution in [0.25, 0.3) is 0 Å². The number of benzene rings is 1. The van der Waals surface area contributed by atoms with Gasteiger partial charge in [0, 0.05) is 17.5 Å². The Balaban J connectivity index is 3.11. The van der Waals surface area contributed by atoms with Gasteiger partial charge in [-0.25, -0.2) is 0 Å². The van der Waals surface area contributed by atoms with Crippen molar-refractivity contribution in [2.75, 3.05) is 14.2 Å². The zero-order valence-electron chi connectivity index (χ0n) is 14.1. The van der Waals surface area contributed by atoms with E-state index in [1.807, 2.05) is 13.8 Å². The Bertz CT molecular complexity index is 540. The first-order chi connectivity index (χ1) is 11.0. The molecule has 1 atom stereocenters. The Morgan fingerprint density at radius 1 is 1.17 bits per heavy atom. The molecule has 1 aromatic carbocycles. The van der Waals surface area contributed by atoms with Gasteiger partial charge in [0.15, 0.2) is 0 Å². The zero-order valence-corrected chi connectivity index (χ0v) is 14.1. The monoisotopic (exact) mass is 323 g/mol. The minimum atomic E-state index is -0.988. The molecular weight excluding hydrogens is 298 g/mol. The molecule has 2 N–H and O–H groups in total. The molecule has 1 aromatic rings. The number of carboxylic acids is 1. The lowest BCUT2D eigenvalue weighted by atomic mass is 9.98. The van der Waals surface area contributed by atoms with Crippen LogP contribution in [0.15, 0.2) is 18.2 Å². The predicted octanol–water partition coefficient (Wildman–Crippen LogP) is 2.77. The molecule has 128 valence electrons. The Morgan fingerprint density at radius 2 is 1.83 bits per heavy atom. The summed E-state index contributed by atoms with van der Waals surface area (Å²) in [6.45, 7) is 3.88. The van der Waals surface area contributed by atoms with Crippen LogP contribution in [0, 0.1) is 5.92 Å². The van der Waals surface area contributed by atoms with Crippen LogP contribution in [0.1, 0.15) is 44.7 Å². The maximum Gasteiger partial charge on any atom is 0.305 e. The van der Waals surface area contributed by atoms with Gasteiger partial charge in [0.05, 0.1) is 26.7 Å². The molecule has 0 saturated heterocycles. The lowest BCUT2D eigenvalue weighted by Gasteiger charge is -2.22. The third kappa shape index (κ3) is 5.16. The molecule has 0 aliphatic rings. The van der Waals surface area contributed by atoms with Gasteiger partial charge in [-0.05, 0) is 25.0 Å². The maximum absolute atomic E-state index is 12.3. The van der Waals surface area contributed by atoms with E-state index >= 15 is 0 Å². The van der Waals surface area contributed by atoms with Crippen LogP contribution in [0.5, 0.6) is 11.5 Å². The van der Waals surface area contributed by atoms with Crippen LogP contribution in [0.3, 0.4) is 0 Å². The molecule has 1 rings (SSSR count). The number of methoxy groups -OCH3 is 2. The Morgan fingerprint density at radius 3 is 2.30 bits per heavy atom. The summed E-state index contributed by atoms with van der Waals surface area (Å²) in [7, 11) is 3.04. The van der Waals surface area contributed by atoms with E-state index in [1.165, 1.54) is 14.2 Å². The number of nitrogens with one attached hydrogen (secondary N) is 1. The predicted molar refractivity (Wildman–Crippen MR) is 86.8 cm³/mol. The van der Waals surface area contributed by atoms with Crippen molar-refractivity contribution in [3.63, 3.8) is 0 Å². The molecule has 6 nitrogen and oxygen atoms in total. The minimum Gasteiger partial charge on any atom is -0.497 e. The highest BCUT2D eigenvalue weighted by molar-refractivity contribution is 5.80. The summed E-state index contributed by atoms with van der Waals surface area (Å²) in [5.41, 5.74) is 0.620. The molecule has 0 bridgehead atoms. The molecule has 0 aliphatic heterocycles. The third-order valence-corrected chi connectivity index (χ3v) is 3.87. The fourth-order valence-electron chi connectivity index (χ4n) is 2.47. The topological polar surface area (TPSA) is 84.9 Å². The second kappa shape index (κ2) is 9.02. The number of carbonyl (C=O) groups excluding carboxylic acids is 1. The quantitative estimate of drug-likeness (QED) is 0.730. The number of hydrogen-bond donors (Lipinski definition) is 2. The summed E-state index contributed by atoms with van der Waals surface area (Å²) in [5, 5.41) is 12.0. The summed E-state index contributed by atoms with van der Waals surface area (Å²) in [6.07, 6.45) is 1.21. The molecule has 23 heavy (non-hydrogen) atoms. The molecule has 0 radical (unpaired) electrons. The second-order valence-corrected chi connectivity index (χ2v) is 5.28. The molecule has 0 spiro atoms. The molecule has 1 amide bonds. The number of carboxylic acid groups (broad SMARTS) is 1. The van der Waals surface area contributed by atoms with Gasteiger partial charge in [-0.15, -0.1) is 0 Å². The van der Waals surface area contributed by atoms with Crippen molar-refractivity contribution in [3.8, 4) is 11.5 Å². The van der Waals surface area contributed by atoms with E-state index in [9.17, 15) is 9.59 Å². The highest BCUT2D eigenvalue weighted by Crippen LogP contribution is 2.31. The highest BCUT2D eigenvalue weighted by Gasteiger charge is 2.24. The van der Waals surface area contributed by atoms with Crippen LogP contribution in [-0.4, -0.2) is 31.2 Å². The summed E-state index contributed by atoms with van der Waals surface area (Å²) in [4.78, 5) is 23.5. The molecule has 1 unspecified atom stereocenters. The average molecular weight is 323 g/mol. The minimum absolute atomic E-state index is 0.129. The summed E-state index contributed by atoms with van der Waals surface area (Å²) in [5.74, 6) is -0.168. The largest absolute Gasteiger partial charge is 0.497 e. The first-order valence-electron chi connectivity index (χ1n) is 7.70. The van der Waals surface area contributed by atoms with Crippen molar-refractivity contribution >= 4 is 11.9 Å². The van der Waals surface area contributed by atoms with Gasteiger partial charge in [-0.1, -0.05) is 13.8 Å². The maximum atomic E-state index is 12.3. The second-order valence-electron chi connectivity index (χ2n) is 5.28. The van der Waals surface area contributed by atoms with Gasteiger partial charge in [-0.3, -0.25) is 9.59 Å². The standard InChI is InChI=1S/C17H25NO5/c1-5-11(6-2)17(21)18-14(10-16(19)20)13-8-7-12(22-3)9-15(13)23-4/h7-9,11,14H,5-6,10H2,1-4H3,(H,18,21)(H,19,20). The summed E-state index contributed by atoms with van der Waals surface area (Å²) in [6, 6.07) is 4.46. The van der Waals surface area contributed by atoms with Crippen molar-refractivity contribution in [1.29, 1.82) is 0 Å². The fourth-order valence-corrected chi connectivity index (χ4v) is 2.47. The molecular formula is C17H25NO5. The summed E-state index contributed by atoms with van der Waals surface area (Å²) >= 11 is 0. The fraction of sp³-hybridized carbons (Fsp3) is 0.529. The van der Waals surface area contributed by atoms with E-state index in [1.54, 1.807) is 18.2 Å². The molecule has 0 aromatic heterocycles. The van der Waals surface area contributed by atoms with Crippen molar-refractivity contribution in [2.45, 2.75) is 39.2 Å². The normalized spacial score (nSPS) is 11.9. The van der Waals surface area contributed by atoms with Crippen LogP contribution in [0.4, 0.5) is 0 Å². The van der Waals surface area contributed by atoms with Gasteiger partial charge < -0.3 is 19.9 Å². The van der Waals surface area contributed by atoms with Gasteiger partial charge in [0.1, 0.15) is 11.5 Å². The number of carbonyl (C=O) groups is 2. The van der Waals surface area contributed by atoms with Gasteiger partial charge in [0.2, 0.25) is 5.91 Å². The van der Waals surface area contributed by atoms with Gasteiger partial charge in [0.25, 0.3) is 0 Å². The molecule has 0 saturated carbocycles. The Kier molecular flexibility index (Phi) is 7.38. The van der Waals surface area contributed by atoms with Crippen molar-refractivity contribution < 1.29 is 24.2 Å². The first-order valence-corrected chi connectivity index (χ1v) is 7.70. The number of rotatable bonds is 9. The van der Waals surface area contributed by atoms with Crippen LogP contribution < -0.4 is 14.8 Å². The number of aliphatic carboxylic acids is 1. The number of amides is 1. The molecule has 0 fully saturated rings. The van der Waals surface area contributed by atoms with Crippen molar-refractivity contribution in [2.24, 2.45) is 5.92 Å². The lowest BCUT2D eigenvalue weighted by molar-refractivity contribution is -0.138. The van der Waals surface area contributed by atoms with Crippen LogP contribution in [0.2, 0.25) is 0 Å². The van der Waals surface area contributed by atoms with E-state index in [0.717, 1.165) is 0 Å².